The average molecular weight is 279 g/mol. The molecule has 0 aliphatic heterocycles. The van der Waals surface area contributed by atoms with E-state index in [9.17, 15) is 4.39 Å². The molecule has 2 unspecified atom stereocenters. The summed E-state index contributed by atoms with van der Waals surface area (Å²) in [6.45, 7) is 6.94. The van der Waals surface area contributed by atoms with Gasteiger partial charge in [-0.05, 0) is 43.7 Å². The molecule has 112 valence electrons. The second kappa shape index (κ2) is 6.96. The van der Waals surface area contributed by atoms with Crippen molar-refractivity contribution in [3.05, 3.63) is 24.0 Å². The molecule has 1 fully saturated rings. The first-order valence-corrected chi connectivity index (χ1v) is 7.79. The summed E-state index contributed by atoms with van der Waals surface area (Å²) in [4.78, 5) is 0. The van der Waals surface area contributed by atoms with Crippen LogP contribution in [0, 0.1) is 17.7 Å². The van der Waals surface area contributed by atoms with Gasteiger partial charge in [0.05, 0.1) is 6.61 Å². The van der Waals surface area contributed by atoms with Gasteiger partial charge in [0.1, 0.15) is 0 Å². The summed E-state index contributed by atoms with van der Waals surface area (Å²) in [6.07, 6.45) is 4.96. The maximum absolute atomic E-state index is 13.8. The predicted octanol–water partition coefficient (Wildman–Crippen LogP) is 4.85. The molecule has 20 heavy (non-hydrogen) atoms. The van der Waals surface area contributed by atoms with Crippen LogP contribution in [0.1, 0.15) is 46.5 Å². The first-order chi connectivity index (χ1) is 9.60. The zero-order valence-corrected chi connectivity index (χ0v) is 12.8. The molecule has 0 radical (unpaired) electrons. The van der Waals surface area contributed by atoms with Crippen molar-refractivity contribution in [3.63, 3.8) is 0 Å². The minimum atomic E-state index is -0.284. The highest BCUT2D eigenvalue weighted by Crippen LogP contribution is 2.32. The van der Waals surface area contributed by atoms with Crippen molar-refractivity contribution in [2.45, 2.75) is 52.5 Å². The first kappa shape index (κ1) is 15.1. The number of hydrogen-bond acceptors (Lipinski definition) is 2. The summed E-state index contributed by atoms with van der Waals surface area (Å²) in [5, 5.41) is 3.48. The van der Waals surface area contributed by atoms with Crippen LogP contribution in [0.4, 0.5) is 10.1 Å². The Morgan fingerprint density at radius 2 is 2.15 bits per heavy atom. The van der Waals surface area contributed by atoms with Crippen LogP contribution in [0.5, 0.6) is 5.75 Å². The van der Waals surface area contributed by atoms with E-state index < -0.39 is 0 Å². The lowest BCUT2D eigenvalue weighted by Gasteiger charge is -2.32. The Morgan fingerprint density at radius 1 is 1.35 bits per heavy atom. The standard InChI is InChI=1S/C17H26FNO/c1-4-20-17-9-8-15(11-16(17)18)19-14-7-5-6-13(10-14)12(2)3/h8-9,11-14,19H,4-7,10H2,1-3H3. The van der Waals surface area contributed by atoms with E-state index in [1.807, 2.05) is 13.0 Å². The molecule has 0 spiro atoms. The quantitative estimate of drug-likeness (QED) is 0.831. The Kier molecular flexibility index (Phi) is 5.27. The lowest BCUT2D eigenvalue weighted by Crippen LogP contribution is -2.29. The maximum Gasteiger partial charge on any atom is 0.167 e. The molecule has 2 atom stereocenters. The van der Waals surface area contributed by atoms with Gasteiger partial charge in [0.25, 0.3) is 0 Å². The van der Waals surface area contributed by atoms with E-state index >= 15 is 0 Å². The number of rotatable bonds is 5. The zero-order valence-electron chi connectivity index (χ0n) is 12.8. The lowest BCUT2D eigenvalue weighted by atomic mass is 9.79. The van der Waals surface area contributed by atoms with Crippen LogP contribution in [0.2, 0.25) is 0 Å². The number of benzene rings is 1. The molecule has 1 aromatic rings. The molecule has 1 aliphatic rings. The first-order valence-electron chi connectivity index (χ1n) is 7.79. The predicted molar refractivity (Wildman–Crippen MR) is 81.8 cm³/mol. The zero-order chi connectivity index (χ0) is 14.5. The van der Waals surface area contributed by atoms with E-state index in [0.29, 0.717) is 18.4 Å². The molecular formula is C17H26FNO. The second-order valence-electron chi connectivity index (χ2n) is 6.09. The van der Waals surface area contributed by atoms with Gasteiger partial charge in [0.2, 0.25) is 0 Å². The summed E-state index contributed by atoms with van der Waals surface area (Å²) >= 11 is 0. The third-order valence-electron chi connectivity index (χ3n) is 4.26. The van der Waals surface area contributed by atoms with E-state index in [-0.39, 0.29) is 5.82 Å². The third-order valence-corrected chi connectivity index (χ3v) is 4.26. The van der Waals surface area contributed by atoms with Crippen LogP contribution in [0.25, 0.3) is 0 Å². The fourth-order valence-electron chi connectivity index (χ4n) is 3.06. The molecule has 3 heteroatoms. The summed E-state index contributed by atoms with van der Waals surface area (Å²) in [7, 11) is 0. The number of ether oxygens (including phenoxy) is 1. The SMILES string of the molecule is CCOc1ccc(NC2CCCC(C(C)C)C2)cc1F. The molecule has 0 heterocycles. The molecule has 0 saturated heterocycles. The van der Waals surface area contributed by atoms with Crippen molar-refractivity contribution in [2.24, 2.45) is 11.8 Å². The van der Waals surface area contributed by atoms with Gasteiger partial charge in [0.15, 0.2) is 11.6 Å². The minimum absolute atomic E-state index is 0.284. The van der Waals surface area contributed by atoms with Crippen molar-refractivity contribution < 1.29 is 9.13 Å². The smallest absolute Gasteiger partial charge is 0.167 e. The molecule has 2 rings (SSSR count). The molecule has 1 aliphatic carbocycles. The van der Waals surface area contributed by atoms with E-state index in [1.54, 1.807) is 12.1 Å². The molecule has 0 bridgehead atoms. The molecule has 2 nitrogen and oxygen atoms in total. The van der Waals surface area contributed by atoms with E-state index in [4.69, 9.17) is 4.74 Å². The largest absolute Gasteiger partial charge is 0.491 e. The fourth-order valence-corrected chi connectivity index (χ4v) is 3.06. The van der Waals surface area contributed by atoms with Crippen LogP contribution < -0.4 is 10.1 Å². The topological polar surface area (TPSA) is 21.3 Å². The van der Waals surface area contributed by atoms with Gasteiger partial charge in [-0.3, -0.25) is 0 Å². The maximum atomic E-state index is 13.8. The van der Waals surface area contributed by atoms with Crippen LogP contribution in [-0.4, -0.2) is 12.6 Å². The molecule has 0 aromatic heterocycles. The van der Waals surface area contributed by atoms with Gasteiger partial charge in [-0.1, -0.05) is 26.7 Å². The summed E-state index contributed by atoms with van der Waals surface area (Å²) in [5.41, 5.74) is 0.861. The second-order valence-corrected chi connectivity index (χ2v) is 6.09. The van der Waals surface area contributed by atoms with Crippen LogP contribution in [0.3, 0.4) is 0 Å². The monoisotopic (exact) mass is 279 g/mol. The summed E-state index contributed by atoms with van der Waals surface area (Å²) in [5.74, 6) is 1.57. The Labute approximate surface area is 121 Å². The van der Waals surface area contributed by atoms with Crippen molar-refractivity contribution >= 4 is 5.69 Å². The van der Waals surface area contributed by atoms with E-state index in [2.05, 4.69) is 19.2 Å². The van der Waals surface area contributed by atoms with Gasteiger partial charge in [-0.2, -0.15) is 0 Å². The van der Waals surface area contributed by atoms with Crippen molar-refractivity contribution in [2.75, 3.05) is 11.9 Å². The highest BCUT2D eigenvalue weighted by molar-refractivity contribution is 5.48. The van der Waals surface area contributed by atoms with E-state index in [1.165, 1.54) is 25.7 Å². The highest BCUT2D eigenvalue weighted by Gasteiger charge is 2.24. The summed E-state index contributed by atoms with van der Waals surface area (Å²) < 4.78 is 19.1. The number of hydrogen-bond donors (Lipinski definition) is 1. The minimum Gasteiger partial charge on any atom is -0.491 e. The molecule has 1 N–H and O–H groups in total. The van der Waals surface area contributed by atoms with Crippen LogP contribution >= 0.6 is 0 Å². The highest BCUT2D eigenvalue weighted by atomic mass is 19.1. The summed E-state index contributed by atoms with van der Waals surface area (Å²) in [6, 6.07) is 5.63. The van der Waals surface area contributed by atoms with Crippen molar-refractivity contribution in [1.29, 1.82) is 0 Å². The van der Waals surface area contributed by atoms with Crippen LogP contribution in [-0.2, 0) is 0 Å². The third kappa shape index (κ3) is 3.87. The van der Waals surface area contributed by atoms with Gasteiger partial charge in [-0.25, -0.2) is 4.39 Å². The van der Waals surface area contributed by atoms with Crippen LogP contribution in [0.15, 0.2) is 18.2 Å². The number of nitrogens with one attached hydrogen (secondary N) is 1. The average Bonchev–Trinajstić information content (AvgIpc) is 2.42. The molecular weight excluding hydrogens is 253 g/mol. The fraction of sp³-hybridized carbons (Fsp3) is 0.647. The van der Waals surface area contributed by atoms with Gasteiger partial charge < -0.3 is 10.1 Å². The number of anilines is 1. The normalized spacial score (nSPS) is 22.9. The Morgan fingerprint density at radius 3 is 2.80 bits per heavy atom. The molecule has 0 amide bonds. The number of halogens is 1. The van der Waals surface area contributed by atoms with Gasteiger partial charge in [-0.15, -0.1) is 0 Å². The van der Waals surface area contributed by atoms with Crippen molar-refractivity contribution in [1.82, 2.24) is 0 Å². The van der Waals surface area contributed by atoms with Gasteiger partial charge in [0, 0.05) is 17.8 Å². The molecule has 1 saturated carbocycles. The van der Waals surface area contributed by atoms with E-state index in [0.717, 1.165) is 17.5 Å². The molecule has 1 aromatic carbocycles. The lowest BCUT2D eigenvalue weighted by molar-refractivity contribution is 0.264. The van der Waals surface area contributed by atoms with Crippen molar-refractivity contribution in [3.8, 4) is 5.75 Å². The Balaban J connectivity index is 1.97. The Hall–Kier alpha value is -1.25. The van der Waals surface area contributed by atoms with Gasteiger partial charge >= 0.3 is 0 Å². The Bertz CT molecular complexity index is 433.